The van der Waals surface area contributed by atoms with E-state index in [0.717, 1.165) is 5.56 Å². The molecule has 0 atom stereocenters. The standard InChI is InChI=1S/C15H14FNO3/c1-10-8-13(16)6-7-15(10)20-9-12-4-3-5-14(11(12)2)17(18)19/h3-8H,9H2,1-2H3. The van der Waals surface area contributed by atoms with Gasteiger partial charge in [0.2, 0.25) is 0 Å². The lowest BCUT2D eigenvalue weighted by Crippen LogP contribution is -2.02. The summed E-state index contributed by atoms with van der Waals surface area (Å²) in [6.45, 7) is 3.65. The summed E-state index contributed by atoms with van der Waals surface area (Å²) < 4.78 is 18.6. The second-order valence-electron chi connectivity index (χ2n) is 4.52. The normalized spacial score (nSPS) is 10.3. The highest BCUT2D eigenvalue weighted by atomic mass is 19.1. The van der Waals surface area contributed by atoms with Crippen molar-refractivity contribution in [2.75, 3.05) is 0 Å². The zero-order valence-electron chi connectivity index (χ0n) is 11.2. The predicted molar refractivity (Wildman–Crippen MR) is 73.3 cm³/mol. The molecule has 0 saturated carbocycles. The van der Waals surface area contributed by atoms with Gasteiger partial charge in [-0.2, -0.15) is 0 Å². The van der Waals surface area contributed by atoms with Gasteiger partial charge >= 0.3 is 0 Å². The highest BCUT2D eigenvalue weighted by molar-refractivity contribution is 5.44. The molecule has 20 heavy (non-hydrogen) atoms. The first-order valence-electron chi connectivity index (χ1n) is 6.11. The summed E-state index contributed by atoms with van der Waals surface area (Å²) in [5, 5.41) is 10.9. The van der Waals surface area contributed by atoms with Crippen LogP contribution in [0, 0.1) is 29.8 Å². The van der Waals surface area contributed by atoms with Crippen LogP contribution in [-0.4, -0.2) is 4.92 Å². The van der Waals surface area contributed by atoms with Crippen LogP contribution in [0.3, 0.4) is 0 Å². The number of rotatable bonds is 4. The van der Waals surface area contributed by atoms with Crippen molar-refractivity contribution in [3.05, 3.63) is 69.0 Å². The van der Waals surface area contributed by atoms with E-state index in [-0.39, 0.29) is 18.1 Å². The first-order valence-corrected chi connectivity index (χ1v) is 6.11. The van der Waals surface area contributed by atoms with Gasteiger partial charge in [0.25, 0.3) is 5.69 Å². The smallest absolute Gasteiger partial charge is 0.272 e. The predicted octanol–water partition coefficient (Wildman–Crippen LogP) is 3.93. The number of hydrogen-bond donors (Lipinski definition) is 0. The average Bonchev–Trinajstić information content (AvgIpc) is 2.39. The lowest BCUT2D eigenvalue weighted by molar-refractivity contribution is -0.385. The molecule has 0 N–H and O–H groups in total. The molecule has 0 aliphatic carbocycles. The van der Waals surface area contributed by atoms with Crippen molar-refractivity contribution in [3.8, 4) is 5.75 Å². The molecule has 0 aromatic heterocycles. The average molecular weight is 275 g/mol. The minimum atomic E-state index is -0.415. The van der Waals surface area contributed by atoms with E-state index in [4.69, 9.17) is 4.74 Å². The maximum atomic E-state index is 13.0. The lowest BCUT2D eigenvalue weighted by atomic mass is 10.1. The van der Waals surface area contributed by atoms with Gasteiger partial charge in [0.1, 0.15) is 18.2 Å². The van der Waals surface area contributed by atoms with Crippen LogP contribution < -0.4 is 4.74 Å². The van der Waals surface area contributed by atoms with Crippen molar-refractivity contribution in [1.29, 1.82) is 0 Å². The first-order chi connectivity index (χ1) is 9.49. The van der Waals surface area contributed by atoms with E-state index in [0.29, 0.717) is 16.9 Å². The van der Waals surface area contributed by atoms with E-state index in [9.17, 15) is 14.5 Å². The van der Waals surface area contributed by atoms with Gasteiger partial charge in [-0.25, -0.2) is 4.39 Å². The third-order valence-electron chi connectivity index (χ3n) is 3.13. The maximum absolute atomic E-state index is 13.0. The van der Waals surface area contributed by atoms with Gasteiger partial charge in [0.05, 0.1) is 4.92 Å². The van der Waals surface area contributed by atoms with E-state index in [1.54, 1.807) is 32.0 Å². The van der Waals surface area contributed by atoms with Crippen molar-refractivity contribution in [2.45, 2.75) is 20.5 Å². The molecule has 0 aliphatic heterocycles. The van der Waals surface area contributed by atoms with Crippen LogP contribution in [0.4, 0.5) is 10.1 Å². The highest BCUT2D eigenvalue weighted by Gasteiger charge is 2.13. The fraction of sp³-hybridized carbons (Fsp3) is 0.200. The molecule has 4 nitrogen and oxygen atoms in total. The van der Waals surface area contributed by atoms with E-state index in [2.05, 4.69) is 0 Å². The topological polar surface area (TPSA) is 52.4 Å². The summed E-state index contributed by atoms with van der Waals surface area (Å²) in [5.74, 6) is 0.249. The Balaban J connectivity index is 2.19. The second-order valence-corrected chi connectivity index (χ2v) is 4.52. The molecule has 5 heteroatoms. The Morgan fingerprint density at radius 2 is 2.00 bits per heavy atom. The molecule has 0 bridgehead atoms. The molecule has 0 saturated heterocycles. The Bertz CT molecular complexity index is 656. The summed E-state index contributed by atoms with van der Waals surface area (Å²) in [4.78, 5) is 10.4. The van der Waals surface area contributed by atoms with Crippen molar-refractivity contribution in [3.63, 3.8) is 0 Å². The minimum absolute atomic E-state index is 0.0712. The van der Waals surface area contributed by atoms with Gasteiger partial charge in [-0.05, 0) is 43.2 Å². The minimum Gasteiger partial charge on any atom is -0.489 e. The number of halogens is 1. The number of benzene rings is 2. The van der Waals surface area contributed by atoms with E-state index in [1.165, 1.54) is 18.2 Å². The van der Waals surface area contributed by atoms with E-state index >= 15 is 0 Å². The Labute approximate surface area is 116 Å². The number of nitro groups is 1. The van der Waals surface area contributed by atoms with Crippen LogP contribution in [-0.2, 0) is 6.61 Å². The van der Waals surface area contributed by atoms with Crippen LogP contribution in [0.5, 0.6) is 5.75 Å². The number of nitro benzene ring substituents is 1. The van der Waals surface area contributed by atoms with Gasteiger partial charge in [-0.1, -0.05) is 12.1 Å². The van der Waals surface area contributed by atoms with Crippen molar-refractivity contribution in [1.82, 2.24) is 0 Å². The Kier molecular flexibility index (Phi) is 3.98. The Morgan fingerprint density at radius 3 is 2.65 bits per heavy atom. The lowest BCUT2D eigenvalue weighted by Gasteiger charge is -2.11. The molecule has 0 radical (unpaired) electrons. The molecule has 0 fully saturated rings. The van der Waals surface area contributed by atoms with Gasteiger partial charge in [-0.15, -0.1) is 0 Å². The van der Waals surface area contributed by atoms with Gasteiger partial charge in [-0.3, -0.25) is 10.1 Å². The first kappa shape index (κ1) is 14.0. The van der Waals surface area contributed by atoms with Gasteiger partial charge < -0.3 is 4.74 Å². The molecular formula is C15H14FNO3. The van der Waals surface area contributed by atoms with Gasteiger partial charge in [0.15, 0.2) is 0 Å². The van der Waals surface area contributed by atoms with E-state index < -0.39 is 4.92 Å². The van der Waals surface area contributed by atoms with Gasteiger partial charge in [0, 0.05) is 11.6 Å². The van der Waals surface area contributed by atoms with Crippen LogP contribution in [0.2, 0.25) is 0 Å². The molecule has 2 aromatic rings. The summed E-state index contributed by atoms with van der Waals surface area (Å²) in [6, 6.07) is 9.13. The fourth-order valence-corrected chi connectivity index (χ4v) is 1.95. The third kappa shape index (κ3) is 2.93. The monoisotopic (exact) mass is 275 g/mol. The molecule has 0 unspecified atom stereocenters. The summed E-state index contributed by atoms with van der Waals surface area (Å²) in [5.41, 5.74) is 2.08. The molecule has 0 amide bonds. The fourth-order valence-electron chi connectivity index (χ4n) is 1.95. The molecule has 2 aromatic carbocycles. The Hall–Kier alpha value is -2.43. The van der Waals surface area contributed by atoms with Crippen LogP contribution in [0.25, 0.3) is 0 Å². The van der Waals surface area contributed by atoms with Crippen LogP contribution in [0.1, 0.15) is 16.7 Å². The molecule has 0 spiro atoms. The summed E-state index contributed by atoms with van der Waals surface area (Å²) >= 11 is 0. The largest absolute Gasteiger partial charge is 0.489 e. The highest BCUT2D eigenvalue weighted by Crippen LogP contribution is 2.24. The summed E-state index contributed by atoms with van der Waals surface area (Å²) in [7, 11) is 0. The number of aryl methyl sites for hydroxylation is 1. The molecule has 0 heterocycles. The Morgan fingerprint density at radius 1 is 1.25 bits per heavy atom. The molecule has 0 aliphatic rings. The summed E-state index contributed by atoms with van der Waals surface area (Å²) in [6.07, 6.45) is 0. The SMILES string of the molecule is Cc1cc(F)ccc1OCc1cccc([N+](=O)[O-])c1C. The van der Waals surface area contributed by atoms with Crippen molar-refractivity contribution >= 4 is 5.69 Å². The van der Waals surface area contributed by atoms with Crippen LogP contribution in [0.15, 0.2) is 36.4 Å². The zero-order valence-corrected chi connectivity index (χ0v) is 11.2. The number of hydrogen-bond acceptors (Lipinski definition) is 3. The zero-order chi connectivity index (χ0) is 14.7. The maximum Gasteiger partial charge on any atom is 0.272 e. The molecule has 2 rings (SSSR count). The number of ether oxygens (including phenoxy) is 1. The van der Waals surface area contributed by atoms with Crippen LogP contribution >= 0.6 is 0 Å². The number of nitrogens with zero attached hydrogens (tertiary/aromatic N) is 1. The molecule has 104 valence electrons. The van der Waals surface area contributed by atoms with Crippen molar-refractivity contribution in [2.24, 2.45) is 0 Å². The molecular weight excluding hydrogens is 261 g/mol. The third-order valence-corrected chi connectivity index (χ3v) is 3.13. The second kappa shape index (κ2) is 5.69. The quantitative estimate of drug-likeness (QED) is 0.627. The van der Waals surface area contributed by atoms with E-state index in [1.807, 2.05) is 0 Å². The van der Waals surface area contributed by atoms with Crippen molar-refractivity contribution < 1.29 is 14.1 Å².